The molecule has 178 valence electrons. The molecule has 0 radical (unpaired) electrons. The first-order valence-corrected chi connectivity index (χ1v) is 10.6. The van der Waals surface area contributed by atoms with Gasteiger partial charge in [0.25, 0.3) is 0 Å². The zero-order valence-corrected chi connectivity index (χ0v) is 19.4. The lowest BCUT2D eigenvalue weighted by Crippen LogP contribution is -2.46. The van der Waals surface area contributed by atoms with Gasteiger partial charge in [0.1, 0.15) is 5.82 Å². The average molecular weight is 484 g/mol. The Hall–Kier alpha value is -2.78. The summed E-state index contributed by atoms with van der Waals surface area (Å²) in [6.07, 6.45) is -5.39. The van der Waals surface area contributed by atoms with E-state index in [1.165, 1.54) is 11.0 Å². The first-order valence-electron chi connectivity index (χ1n) is 10.3. The average Bonchev–Trinajstić information content (AvgIpc) is 3.04. The van der Waals surface area contributed by atoms with Gasteiger partial charge in [0.05, 0.1) is 27.7 Å². The molecule has 1 amide bonds. The Bertz CT molecular complexity index is 1170. The minimum atomic E-state index is -4.66. The van der Waals surface area contributed by atoms with Crippen molar-refractivity contribution in [2.24, 2.45) is 0 Å². The molecule has 0 saturated carbocycles. The van der Waals surface area contributed by atoms with Crippen LogP contribution in [0.4, 0.5) is 18.0 Å². The molecule has 0 bridgehead atoms. The molecule has 3 rings (SSSR count). The molecular formula is C23H25ClF3N3O3. The Morgan fingerprint density at radius 3 is 2.27 bits per heavy atom. The lowest BCUT2D eigenvalue weighted by Gasteiger charge is -2.37. The van der Waals surface area contributed by atoms with E-state index in [4.69, 9.17) is 16.7 Å². The fraction of sp³-hybridized carbons (Fsp3) is 0.391. The first-order chi connectivity index (χ1) is 15.3. The lowest BCUT2D eigenvalue weighted by atomic mass is 10.0. The van der Waals surface area contributed by atoms with E-state index in [0.29, 0.717) is 17.6 Å². The molecule has 3 aromatic rings. The predicted molar refractivity (Wildman–Crippen MR) is 120 cm³/mol. The normalized spacial score (nSPS) is 13.4. The number of fused-ring (bicyclic) bond motifs is 1. The van der Waals surface area contributed by atoms with E-state index in [0.717, 1.165) is 11.6 Å². The van der Waals surface area contributed by atoms with Gasteiger partial charge in [0.2, 0.25) is 0 Å². The van der Waals surface area contributed by atoms with Gasteiger partial charge >= 0.3 is 12.3 Å². The molecule has 1 heterocycles. The molecular weight excluding hydrogens is 459 g/mol. The largest absolute Gasteiger partial charge is 0.465 e. The minimum Gasteiger partial charge on any atom is -0.465 e. The molecule has 33 heavy (non-hydrogen) atoms. The van der Waals surface area contributed by atoms with Gasteiger partial charge in [-0.05, 0) is 63.9 Å². The zero-order chi connectivity index (χ0) is 24.7. The summed E-state index contributed by atoms with van der Waals surface area (Å²) in [6, 6.07) is 8.36. The standard InChI is InChI=1S/C23H25ClF3N3O3/c1-13(30(21(32)33)22(2,3)4)20-28-18-11-16(23(25,26)27)17(24)12-19(18)29(20)15-7-5-14(6-8-15)9-10-31/h5-8,11-13,31H,9-10H2,1-4H3,(H,32,33). The van der Waals surface area contributed by atoms with Crippen LogP contribution in [0.3, 0.4) is 0 Å². The van der Waals surface area contributed by atoms with E-state index in [1.807, 2.05) is 0 Å². The van der Waals surface area contributed by atoms with Gasteiger partial charge in [0.15, 0.2) is 0 Å². The number of hydrogen-bond acceptors (Lipinski definition) is 3. The van der Waals surface area contributed by atoms with Crippen LogP contribution in [0.2, 0.25) is 5.02 Å². The molecule has 1 aromatic heterocycles. The van der Waals surface area contributed by atoms with Gasteiger partial charge in [0, 0.05) is 17.8 Å². The fourth-order valence-corrected chi connectivity index (χ4v) is 4.24. The van der Waals surface area contributed by atoms with Crippen LogP contribution in [0.15, 0.2) is 36.4 Å². The number of rotatable bonds is 5. The van der Waals surface area contributed by atoms with Crippen molar-refractivity contribution in [2.75, 3.05) is 6.61 Å². The van der Waals surface area contributed by atoms with Crippen molar-refractivity contribution in [2.45, 2.75) is 51.9 Å². The molecule has 1 unspecified atom stereocenters. The van der Waals surface area contributed by atoms with E-state index in [2.05, 4.69) is 4.98 Å². The van der Waals surface area contributed by atoms with Crippen molar-refractivity contribution < 1.29 is 28.2 Å². The number of carbonyl (C=O) groups is 1. The SMILES string of the molecule is CC(c1nc2cc(C(F)(F)F)c(Cl)cc2n1-c1ccc(CCO)cc1)N(C(=O)O)C(C)(C)C. The molecule has 2 N–H and O–H groups in total. The van der Waals surface area contributed by atoms with Gasteiger partial charge in [-0.3, -0.25) is 9.47 Å². The van der Waals surface area contributed by atoms with Crippen molar-refractivity contribution in [3.8, 4) is 5.69 Å². The Labute approximate surface area is 194 Å². The zero-order valence-electron chi connectivity index (χ0n) is 18.6. The Balaban J connectivity index is 2.31. The van der Waals surface area contributed by atoms with Gasteiger partial charge in [-0.2, -0.15) is 13.2 Å². The fourth-order valence-electron chi connectivity index (χ4n) is 3.98. The number of benzene rings is 2. The van der Waals surface area contributed by atoms with Crippen molar-refractivity contribution in [3.63, 3.8) is 0 Å². The molecule has 10 heteroatoms. The second-order valence-corrected chi connectivity index (χ2v) is 9.17. The van der Waals surface area contributed by atoms with Gasteiger partial charge in [-0.25, -0.2) is 9.78 Å². The summed E-state index contributed by atoms with van der Waals surface area (Å²) in [5.74, 6) is 0.257. The summed E-state index contributed by atoms with van der Waals surface area (Å²) in [7, 11) is 0. The quantitative estimate of drug-likeness (QED) is 0.461. The third-order valence-corrected chi connectivity index (χ3v) is 5.67. The first kappa shape index (κ1) is 24.9. The summed E-state index contributed by atoms with van der Waals surface area (Å²) in [6.45, 7) is 6.81. The van der Waals surface area contributed by atoms with E-state index in [1.54, 1.807) is 56.5 Å². The number of halogens is 4. The molecule has 0 aliphatic carbocycles. The molecule has 0 saturated heterocycles. The Kier molecular flexibility index (Phi) is 6.68. The van der Waals surface area contributed by atoms with Crippen molar-refractivity contribution in [1.29, 1.82) is 0 Å². The molecule has 1 atom stereocenters. The number of aliphatic hydroxyl groups excluding tert-OH is 1. The van der Waals surface area contributed by atoms with Crippen molar-refractivity contribution in [3.05, 3.63) is 58.4 Å². The number of aliphatic hydroxyl groups is 1. The number of alkyl halides is 3. The monoisotopic (exact) mass is 483 g/mol. The van der Waals surface area contributed by atoms with Crippen LogP contribution in [-0.4, -0.2) is 42.9 Å². The highest BCUT2D eigenvalue weighted by Crippen LogP contribution is 2.39. The number of hydrogen-bond donors (Lipinski definition) is 2. The van der Waals surface area contributed by atoms with E-state index in [-0.39, 0.29) is 17.9 Å². The molecule has 0 fully saturated rings. The maximum atomic E-state index is 13.4. The van der Waals surface area contributed by atoms with Crippen molar-refractivity contribution in [1.82, 2.24) is 14.5 Å². The van der Waals surface area contributed by atoms with Crippen LogP contribution in [0.5, 0.6) is 0 Å². The molecule has 0 spiro atoms. The van der Waals surface area contributed by atoms with E-state index in [9.17, 15) is 23.1 Å². The van der Waals surface area contributed by atoms with Crippen LogP contribution in [0.25, 0.3) is 16.7 Å². The van der Waals surface area contributed by atoms with E-state index >= 15 is 0 Å². The van der Waals surface area contributed by atoms with Crippen LogP contribution >= 0.6 is 11.6 Å². The number of imidazole rings is 1. The van der Waals surface area contributed by atoms with Gasteiger partial charge in [-0.15, -0.1) is 0 Å². The number of nitrogens with zero attached hydrogens (tertiary/aromatic N) is 3. The number of amides is 1. The Morgan fingerprint density at radius 1 is 1.18 bits per heavy atom. The van der Waals surface area contributed by atoms with Crippen molar-refractivity contribution >= 4 is 28.7 Å². The minimum absolute atomic E-state index is 0.0232. The number of carboxylic acid groups (broad SMARTS) is 1. The summed E-state index contributed by atoms with van der Waals surface area (Å²) < 4.78 is 42.0. The molecule has 2 aromatic carbocycles. The van der Waals surface area contributed by atoms with E-state index < -0.39 is 34.4 Å². The second kappa shape index (κ2) is 8.87. The summed E-state index contributed by atoms with van der Waals surface area (Å²) in [5.41, 5.74) is 0.0187. The van der Waals surface area contributed by atoms with Gasteiger partial charge in [-0.1, -0.05) is 23.7 Å². The smallest absolute Gasteiger partial charge is 0.417 e. The molecule has 0 aliphatic rings. The van der Waals surface area contributed by atoms with Crippen LogP contribution in [-0.2, 0) is 12.6 Å². The van der Waals surface area contributed by atoms with Crippen LogP contribution in [0.1, 0.15) is 50.7 Å². The predicted octanol–water partition coefficient (Wildman–Crippen LogP) is 6.07. The maximum Gasteiger partial charge on any atom is 0.417 e. The second-order valence-electron chi connectivity index (χ2n) is 8.76. The third-order valence-electron chi connectivity index (χ3n) is 5.36. The topological polar surface area (TPSA) is 78.6 Å². The lowest BCUT2D eigenvalue weighted by molar-refractivity contribution is -0.137. The Morgan fingerprint density at radius 2 is 1.79 bits per heavy atom. The molecule has 6 nitrogen and oxygen atoms in total. The third kappa shape index (κ3) is 4.94. The highest BCUT2D eigenvalue weighted by molar-refractivity contribution is 6.32. The van der Waals surface area contributed by atoms with Gasteiger partial charge < -0.3 is 10.2 Å². The highest BCUT2D eigenvalue weighted by atomic mass is 35.5. The number of aromatic nitrogens is 2. The maximum absolute atomic E-state index is 13.4. The summed E-state index contributed by atoms with van der Waals surface area (Å²) in [5, 5.41) is 18.5. The summed E-state index contributed by atoms with van der Waals surface area (Å²) >= 11 is 5.99. The molecule has 0 aliphatic heterocycles. The van der Waals surface area contributed by atoms with Crippen LogP contribution < -0.4 is 0 Å². The van der Waals surface area contributed by atoms with Crippen LogP contribution in [0, 0.1) is 0 Å². The summed E-state index contributed by atoms with van der Waals surface area (Å²) in [4.78, 5) is 17.7. The highest BCUT2D eigenvalue weighted by Gasteiger charge is 2.37.